The molecule has 0 radical (unpaired) electrons. The van der Waals surface area contributed by atoms with Crippen LogP contribution in [0.1, 0.15) is 19.4 Å². The lowest BCUT2D eigenvalue weighted by Gasteiger charge is -2.30. The molecular weight excluding hydrogens is 256 g/mol. The van der Waals surface area contributed by atoms with E-state index in [0.29, 0.717) is 12.6 Å². The highest BCUT2D eigenvalue weighted by Gasteiger charge is 2.16. The number of nitro groups is 1. The van der Waals surface area contributed by atoms with Crippen LogP contribution in [0.2, 0.25) is 0 Å². The summed E-state index contributed by atoms with van der Waals surface area (Å²) in [5, 5.41) is 10.9. The van der Waals surface area contributed by atoms with Gasteiger partial charge in [-0.1, -0.05) is 13.0 Å². The summed E-state index contributed by atoms with van der Waals surface area (Å²) >= 11 is 0. The van der Waals surface area contributed by atoms with Gasteiger partial charge in [0.2, 0.25) is 0 Å². The summed E-state index contributed by atoms with van der Waals surface area (Å²) in [6.45, 7) is 6.79. The molecule has 0 aliphatic heterocycles. The van der Waals surface area contributed by atoms with Crippen molar-refractivity contribution in [2.45, 2.75) is 26.4 Å². The fourth-order valence-corrected chi connectivity index (χ4v) is 2.30. The molecule has 1 aromatic rings. The molecule has 0 bridgehead atoms. The van der Waals surface area contributed by atoms with Crippen LogP contribution in [0.15, 0.2) is 18.2 Å². The summed E-state index contributed by atoms with van der Waals surface area (Å²) in [5.41, 5.74) is 6.73. The van der Waals surface area contributed by atoms with E-state index in [1.54, 1.807) is 12.1 Å². The molecule has 6 heteroatoms. The molecule has 1 aromatic carbocycles. The number of hydrogen-bond donors (Lipinski definition) is 1. The fourth-order valence-electron chi connectivity index (χ4n) is 2.30. The number of benzene rings is 1. The SMILES string of the molecule is CCN(Cc1ccc(N)c([N+](=O)[O-])c1)C(C)CN(C)C. The van der Waals surface area contributed by atoms with Gasteiger partial charge in [0.1, 0.15) is 5.69 Å². The van der Waals surface area contributed by atoms with Crippen LogP contribution in [0.25, 0.3) is 0 Å². The number of hydrogen-bond acceptors (Lipinski definition) is 5. The molecule has 2 N–H and O–H groups in total. The minimum Gasteiger partial charge on any atom is -0.393 e. The lowest BCUT2D eigenvalue weighted by molar-refractivity contribution is -0.384. The molecule has 0 heterocycles. The molecule has 20 heavy (non-hydrogen) atoms. The second-order valence-electron chi connectivity index (χ2n) is 5.32. The van der Waals surface area contributed by atoms with Gasteiger partial charge >= 0.3 is 0 Å². The molecule has 0 aliphatic carbocycles. The summed E-state index contributed by atoms with van der Waals surface area (Å²) in [6, 6.07) is 5.41. The van der Waals surface area contributed by atoms with Crippen LogP contribution in [-0.2, 0) is 6.54 Å². The standard InChI is InChI=1S/C14H24N4O2/c1-5-17(11(2)9-16(3)4)10-12-6-7-13(15)14(8-12)18(19)20/h6-8,11H,5,9-10,15H2,1-4H3. The van der Waals surface area contributed by atoms with Crippen molar-refractivity contribution < 1.29 is 4.92 Å². The van der Waals surface area contributed by atoms with Crippen molar-refractivity contribution in [3.05, 3.63) is 33.9 Å². The molecule has 1 atom stereocenters. The molecule has 0 aromatic heterocycles. The van der Waals surface area contributed by atoms with Crippen molar-refractivity contribution in [3.8, 4) is 0 Å². The largest absolute Gasteiger partial charge is 0.393 e. The van der Waals surface area contributed by atoms with Crippen molar-refractivity contribution in [1.29, 1.82) is 0 Å². The van der Waals surface area contributed by atoms with Crippen LogP contribution in [-0.4, -0.2) is 47.9 Å². The van der Waals surface area contributed by atoms with E-state index in [9.17, 15) is 10.1 Å². The average molecular weight is 280 g/mol. The van der Waals surface area contributed by atoms with Gasteiger partial charge in [-0.2, -0.15) is 0 Å². The van der Waals surface area contributed by atoms with Gasteiger partial charge in [-0.05, 0) is 39.2 Å². The van der Waals surface area contributed by atoms with Gasteiger partial charge in [0.25, 0.3) is 5.69 Å². The maximum absolute atomic E-state index is 10.9. The zero-order valence-corrected chi connectivity index (χ0v) is 12.7. The van der Waals surface area contributed by atoms with Gasteiger partial charge in [-0.3, -0.25) is 15.0 Å². The number of nitrogen functional groups attached to an aromatic ring is 1. The van der Waals surface area contributed by atoms with Gasteiger partial charge in [-0.15, -0.1) is 0 Å². The third-order valence-electron chi connectivity index (χ3n) is 3.34. The first-order chi connectivity index (χ1) is 9.35. The van der Waals surface area contributed by atoms with E-state index in [2.05, 4.69) is 23.6 Å². The second-order valence-corrected chi connectivity index (χ2v) is 5.32. The highest BCUT2D eigenvalue weighted by Crippen LogP contribution is 2.23. The van der Waals surface area contributed by atoms with Crippen molar-refractivity contribution >= 4 is 11.4 Å². The van der Waals surface area contributed by atoms with E-state index < -0.39 is 4.92 Å². The molecule has 0 saturated carbocycles. The molecule has 6 nitrogen and oxygen atoms in total. The number of rotatable bonds is 7. The van der Waals surface area contributed by atoms with Crippen molar-refractivity contribution in [2.24, 2.45) is 0 Å². The van der Waals surface area contributed by atoms with Crippen molar-refractivity contribution in [3.63, 3.8) is 0 Å². The Hall–Kier alpha value is -1.66. The van der Waals surface area contributed by atoms with Gasteiger partial charge in [0.05, 0.1) is 4.92 Å². The maximum Gasteiger partial charge on any atom is 0.292 e. The predicted octanol–water partition coefficient (Wildman–Crippen LogP) is 1.95. The predicted molar refractivity (Wildman–Crippen MR) is 81.6 cm³/mol. The average Bonchev–Trinajstić information content (AvgIpc) is 2.36. The Kier molecular flexibility index (Phi) is 5.91. The third kappa shape index (κ3) is 4.47. The highest BCUT2D eigenvalue weighted by molar-refractivity contribution is 5.59. The molecule has 0 amide bonds. The van der Waals surface area contributed by atoms with E-state index >= 15 is 0 Å². The third-order valence-corrected chi connectivity index (χ3v) is 3.34. The Morgan fingerprint density at radius 1 is 1.40 bits per heavy atom. The molecular formula is C14H24N4O2. The first-order valence-corrected chi connectivity index (χ1v) is 6.76. The Morgan fingerprint density at radius 2 is 2.05 bits per heavy atom. The molecule has 0 fully saturated rings. The summed E-state index contributed by atoms with van der Waals surface area (Å²) in [5.74, 6) is 0. The summed E-state index contributed by atoms with van der Waals surface area (Å²) < 4.78 is 0. The summed E-state index contributed by atoms with van der Waals surface area (Å²) in [6.07, 6.45) is 0. The lowest BCUT2D eigenvalue weighted by atomic mass is 10.1. The normalized spacial score (nSPS) is 12.9. The Morgan fingerprint density at radius 3 is 2.55 bits per heavy atom. The fraction of sp³-hybridized carbons (Fsp3) is 0.571. The summed E-state index contributed by atoms with van der Waals surface area (Å²) in [4.78, 5) is 14.9. The zero-order valence-electron chi connectivity index (χ0n) is 12.7. The number of nitrogens with two attached hydrogens (primary N) is 1. The maximum atomic E-state index is 10.9. The van der Waals surface area contributed by atoms with Crippen molar-refractivity contribution in [2.75, 3.05) is 32.9 Å². The first kappa shape index (κ1) is 16.4. The summed E-state index contributed by atoms with van der Waals surface area (Å²) in [7, 11) is 4.08. The smallest absolute Gasteiger partial charge is 0.292 e. The second kappa shape index (κ2) is 7.21. The van der Waals surface area contributed by atoms with Crippen LogP contribution in [0.5, 0.6) is 0 Å². The molecule has 112 valence electrons. The molecule has 0 spiro atoms. The molecule has 1 rings (SSSR count). The van der Waals surface area contributed by atoms with Crippen LogP contribution in [0, 0.1) is 10.1 Å². The topological polar surface area (TPSA) is 75.6 Å². The van der Waals surface area contributed by atoms with E-state index in [1.165, 1.54) is 0 Å². The number of nitro benzene ring substituents is 1. The molecule has 0 aliphatic rings. The van der Waals surface area contributed by atoms with Crippen LogP contribution in [0.4, 0.5) is 11.4 Å². The zero-order chi connectivity index (χ0) is 15.3. The van der Waals surface area contributed by atoms with Gasteiger partial charge in [0, 0.05) is 25.2 Å². The Labute approximate surface area is 120 Å². The number of likely N-dealkylation sites (N-methyl/N-ethyl adjacent to an activating group) is 2. The highest BCUT2D eigenvalue weighted by atomic mass is 16.6. The van der Waals surface area contributed by atoms with E-state index in [-0.39, 0.29) is 11.4 Å². The quantitative estimate of drug-likeness (QED) is 0.469. The Balaban J connectivity index is 2.85. The minimum atomic E-state index is -0.432. The van der Waals surface area contributed by atoms with Gasteiger partial charge < -0.3 is 10.6 Å². The van der Waals surface area contributed by atoms with E-state index in [1.807, 2.05) is 20.2 Å². The van der Waals surface area contributed by atoms with Gasteiger partial charge in [-0.25, -0.2) is 0 Å². The number of nitrogens with zero attached hydrogens (tertiary/aromatic N) is 3. The monoisotopic (exact) mass is 280 g/mol. The first-order valence-electron chi connectivity index (χ1n) is 6.76. The lowest BCUT2D eigenvalue weighted by Crippen LogP contribution is -2.39. The molecule has 0 saturated heterocycles. The van der Waals surface area contributed by atoms with E-state index in [4.69, 9.17) is 5.73 Å². The van der Waals surface area contributed by atoms with Crippen LogP contribution in [0.3, 0.4) is 0 Å². The van der Waals surface area contributed by atoms with Gasteiger partial charge in [0.15, 0.2) is 0 Å². The minimum absolute atomic E-state index is 0.0150. The number of anilines is 1. The molecule has 1 unspecified atom stereocenters. The van der Waals surface area contributed by atoms with Crippen molar-refractivity contribution in [1.82, 2.24) is 9.80 Å². The van der Waals surface area contributed by atoms with Crippen LogP contribution < -0.4 is 5.73 Å². The van der Waals surface area contributed by atoms with E-state index in [0.717, 1.165) is 18.7 Å². The van der Waals surface area contributed by atoms with Crippen LogP contribution >= 0.6 is 0 Å². The Bertz CT molecular complexity index is 462.